The van der Waals surface area contributed by atoms with Crippen LogP contribution in [0.2, 0.25) is 0 Å². The minimum atomic E-state index is -1.50. The van der Waals surface area contributed by atoms with Crippen LogP contribution >= 0.6 is 0 Å². The van der Waals surface area contributed by atoms with Gasteiger partial charge in [-0.2, -0.15) is 0 Å². The summed E-state index contributed by atoms with van der Waals surface area (Å²) in [5, 5.41) is 15.6. The molecule has 1 aromatic rings. The number of fused-ring (bicyclic) bond motifs is 2. The first-order valence-corrected chi connectivity index (χ1v) is 27.3. The van der Waals surface area contributed by atoms with E-state index in [0.29, 0.717) is 37.7 Å². The van der Waals surface area contributed by atoms with Gasteiger partial charge in [-0.1, -0.05) is 64.4 Å². The Labute approximate surface area is 468 Å². The smallest absolute Gasteiger partial charge is 0.408 e. The van der Waals surface area contributed by atoms with Crippen LogP contribution in [0.3, 0.4) is 0 Å². The zero-order chi connectivity index (χ0) is 59.6. The molecule has 3 saturated heterocycles. The van der Waals surface area contributed by atoms with Crippen LogP contribution in [0.5, 0.6) is 0 Å². The van der Waals surface area contributed by atoms with Crippen molar-refractivity contribution in [3.63, 3.8) is 0 Å². The van der Waals surface area contributed by atoms with Gasteiger partial charge in [-0.05, 0) is 76.7 Å². The molecule has 7 atom stereocenters. The maximum Gasteiger partial charge on any atom is 0.408 e. The van der Waals surface area contributed by atoms with Gasteiger partial charge in [0.25, 0.3) is 0 Å². The molecular formula is C54H84N12O14. The second-order valence-electron chi connectivity index (χ2n) is 22.0. The molecule has 6 N–H and O–H groups in total. The summed E-state index contributed by atoms with van der Waals surface area (Å²) in [6.45, 7) is 8.50. The number of alkyl carbamates (subject to hydrolysis) is 2. The zero-order valence-corrected chi connectivity index (χ0v) is 48.2. The van der Waals surface area contributed by atoms with Crippen molar-refractivity contribution in [3.05, 3.63) is 35.9 Å². The van der Waals surface area contributed by atoms with Gasteiger partial charge in [-0.3, -0.25) is 47.9 Å². The minimum absolute atomic E-state index is 0.0697. The van der Waals surface area contributed by atoms with Crippen molar-refractivity contribution in [1.29, 1.82) is 0 Å². The monoisotopic (exact) mass is 1120 g/mol. The molecule has 0 spiro atoms. The fraction of sp³-hybridized carbons (Fsp3) is 0.667. The highest BCUT2D eigenvalue weighted by Gasteiger charge is 2.41. The Balaban J connectivity index is 1.69. The van der Waals surface area contributed by atoms with E-state index in [9.17, 15) is 57.5 Å². The molecule has 444 valence electrons. The van der Waals surface area contributed by atoms with Crippen molar-refractivity contribution in [2.75, 3.05) is 80.5 Å². The molecule has 4 rings (SSSR count). The third kappa shape index (κ3) is 18.8. The van der Waals surface area contributed by atoms with Gasteiger partial charge in [-0.25, -0.2) is 9.59 Å². The van der Waals surface area contributed by atoms with Gasteiger partial charge in [-0.15, -0.1) is 0 Å². The second-order valence-corrected chi connectivity index (χ2v) is 22.0. The summed E-state index contributed by atoms with van der Waals surface area (Å²) >= 11 is 0. The van der Waals surface area contributed by atoms with Crippen LogP contribution in [0.15, 0.2) is 30.3 Å². The number of carbonyl (C=O) groups excluding carboxylic acids is 12. The summed E-state index contributed by atoms with van der Waals surface area (Å²) in [6, 6.07) is 1.23. The van der Waals surface area contributed by atoms with E-state index in [4.69, 9.17) is 9.47 Å². The number of likely N-dealkylation sites (N-methyl/N-ethyl adjacent to an activating group) is 4. The first kappa shape index (κ1) is 65.0. The molecule has 0 unspecified atom stereocenters. The molecule has 26 heteroatoms. The molecule has 0 aromatic heterocycles. The van der Waals surface area contributed by atoms with Crippen LogP contribution in [0, 0.1) is 11.8 Å². The molecule has 3 fully saturated rings. The molecule has 0 aliphatic carbocycles. The maximum absolute atomic E-state index is 14.6. The molecule has 0 radical (unpaired) electrons. The van der Waals surface area contributed by atoms with E-state index in [0.717, 1.165) is 14.7 Å². The van der Waals surface area contributed by atoms with Crippen molar-refractivity contribution < 1.29 is 67.0 Å². The van der Waals surface area contributed by atoms with Gasteiger partial charge in [0.2, 0.25) is 59.1 Å². The highest BCUT2D eigenvalue weighted by atomic mass is 16.6. The number of piperidine rings is 2. The van der Waals surface area contributed by atoms with Gasteiger partial charge in [0, 0.05) is 54.4 Å². The second kappa shape index (κ2) is 30.2. The lowest BCUT2D eigenvalue weighted by atomic mass is 9.96. The molecule has 3 aliphatic heterocycles. The first-order chi connectivity index (χ1) is 37.6. The van der Waals surface area contributed by atoms with Gasteiger partial charge in [0.05, 0.1) is 26.2 Å². The van der Waals surface area contributed by atoms with E-state index >= 15 is 0 Å². The quantitative estimate of drug-likeness (QED) is 0.204. The summed E-state index contributed by atoms with van der Waals surface area (Å²) in [6.07, 6.45) is 0.797. The molecule has 0 bridgehead atoms. The fourth-order valence-corrected chi connectivity index (χ4v) is 9.62. The minimum Gasteiger partial charge on any atom is -0.445 e. The first-order valence-electron chi connectivity index (χ1n) is 27.3. The number of nitrogens with zero attached hydrogens (tertiary/aromatic N) is 6. The number of amides is 12. The molecule has 3 aliphatic rings. The van der Waals surface area contributed by atoms with Crippen LogP contribution < -0.4 is 31.9 Å². The highest BCUT2D eigenvalue weighted by molar-refractivity contribution is 5.97. The van der Waals surface area contributed by atoms with Crippen molar-refractivity contribution in [3.8, 4) is 0 Å². The predicted molar refractivity (Wildman–Crippen MR) is 290 cm³/mol. The Bertz CT molecular complexity index is 2400. The van der Waals surface area contributed by atoms with Crippen LogP contribution in [0.25, 0.3) is 0 Å². The summed E-state index contributed by atoms with van der Waals surface area (Å²) < 4.78 is 10.9. The highest BCUT2D eigenvalue weighted by Crippen LogP contribution is 2.22. The Morgan fingerprint density at radius 2 is 1.04 bits per heavy atom. The van der Waals surface area contributed by atoms with Crippen LogP contribution in [-0.2, 0) is 64.0 Å². The fourth-order valence-electron chi connectivity index (χ4n) is 9.62. The van der Waals surface area contributed by atoms with Gasteiger partial charge < -0.3 is 70.8 Å². The Kier molecular flexibility index (Phi) is 24.5. The Morgan fingerprint density at radius 3 is 1.48 bits per heavy atom. The Hall–Kier alpha value is -7.54. The summed E-state index contributed by atoms with van der Waals surface area (Å²) in [7, 11) is 5.42. The lowest BCUT2D eigenvalue weighted by Crippen LogP contribution is -2.61. The topological polar surface area (TPSA) is 315 Å². The number of nitrogens with one attached hydrogen (secondary N) is 6. The maximum atomic E-state index is 14.6. The third-order valence-electron chi connectivity index (χ3n) is 14.3. The van der Waals surface area contributed by atoms with E-state index in [1.54, 1.807) is 78.8 Å². The number of carbonyl (C=O) groups is 12. The van der Waals surface area contributed by atoms with Crippen LogP contribution in [0.1, 0.15) is 99.0 Å². The predicted octanol–water partition coefficient (Wildman–Crippen LogP) is -0.312. The van der Waals surface area contributed by atoms with Crippen molar-refractivity contribution in [2.45, 2.75) is 142 Å². The van der Waals surface area contributed by atoms with Gasteiger partial charge >= 0.3 is 12.2 Å². The van der Waals surface area contributed by atoms with Crippen molar-refractivity contribution >= 4 is 71.3 Å². The molecule has 1 aromatic carbocycles. The molecule has 3 heterocycles. The number of rotatable bonds is 7. The van der Waals surface area contributed by atoms with Crippen LogP contribution in [-0.4, -0.2) is 223 Å². The molecule has 80 heavy (non-hydrogen) atoms. The van der Waals surface area contributed by atoms with E-state index in [2.05, 4.69) is 31.9 Å². The zero-order valence-electron chi connectivity index (χ0n) is 48.2. The Morgan fingerprint density at radius 1 is 0.600 bits per heavy atom. The van der Waals surface area contributed by atoms with Crippen molar-refractivity contribution in [1.82, 2.24) is 61.3 Å². The molecule has 12 amide bonds. The van der Waals surface area contributed by atoms with E-state index in [1.165, 1.54) is 42.9 Å². The molecule has 26 nitrogen and oxygen atoms in total. The van der Waals surface area contributed by atoms with Gasteiger partial charge in [0.15, 0.2) is 0 Å². The summed E-state index contributed by atoms with van der Waals surface area (Å²) in [4.78, 5) is 173. The number of hydrogen-bond donors (Lipinski definition) is 6. The summed E-state index contributed by atoms with van der Waals surface area (Å²) in [5.41, 5.74) is -0.333. The van der Waals surface area contributed by atoms with E-state index < -0.39 is 164 Å². The average Bonchev–Trinajstić information content (AvgIpc) is 3.42. The number of ether oxygens (including phenoxy) is 2. The SMILES string of the molecule is CC[C@H](C)[C@H]1C(=O)NC[C@@H](NC(=O)OCc2ccccc2)C(=O)N2CCCC[C@H]2C(=O)NCC(=O)N(C)CC(=O)N(C)[C@@H](C(C)C)C(=O)NC[C@@H](NC(=O)OC(C)(C)C)C(=O)N2CCCC[C@H]2C(=O)NCC(=O)N(C)CC(=O)N1C. The van der Waals surface area contributed by atoms with Crippen LogP contribution in [0.4, 0.5) is 9.59 Å². The van der Waals surface area contributed by atoms with Crippen molar-refractivity contribution in [2.24, 2.45) is 11.8 Å². The molecular weight excluding hydrogens is 1040 g/mol. The normalized spacial score (nSPS) is 24.5. The number of benzene rings is 1. The van der Waals surface area contributed by atoms with Gasteiger partial charge in [0.1, 0.15) is 48.5 Å². The number of hydrogen-bond acceptors (Lipinski definition) is 14. The standard InChI is InChI=1S/C54H84N12O14/c1-12-34(4)45-49(74)56-26-36(59-52(77)79-32-35-20-14-13-15-21-35)50(75)65-24-18-16-22-38(65)46(71)57-28-40(67)61(8)30-42(69)63(10)44(33(2)3)48(73)55-27-37(60-53(78)80-54(5,6)7)51(76)66-25-19-17-23-39(66)47(72)58-29-41(68)62(9)31-43(70)64(45)11/h13-15,20-21,33-34,36-39,44-45H,12,16-19,22-32H2,1-11H3,(H,55,73)(H,56,74)(H,57,71)(H,58,72)(H,59,77)(H,60,78)/t34-,36+,37+,38-,39-,44-,45-/m0/s1. The largest absolute Gasteiger partial charge is 0.445 e. The van der Waals surface area contributed by atoms with E-state index in [-0.39, 0.29) is 32.5 Å². The van der Waals surface area contributed by atoms with E-state index in [1.807, 2.05) is 0 Å². The summed E-state index contributed by atoms with van der Waals surface area (Å²) in [5.74, 6) is -7.98. The lowest BCUT2D eigenvalue weighted by molar-refractivity contribution is -0.146. The average molecular weight is 1130 g/mol. The molecule has 0 saturated carbocycles. The third-order valence-corrected chi connectivity index (χ3v) is 14.3. The lowest BCUT2D eigenvalue weighted by Gasteiger charge is -2.37.